The molecule has 0 spiro atoms. The fraction of sp³-hybridized carbons (Fsp3) is 0.385. The molecule has 32 heavy (non-hydrogen) atoms. The Morgan fingerprint density at radius 2 is 1.78 bits per heavy atom. The lowest BCUT2D eigenvalue weighted by molar-refractivity contribution is -0.124. The molecule has 6 heteroatoms. The molecule has 2 aromatic carbocycles. The monoisotopic (exact) mass is 450 g/mol. The Hall–Kier alpha value is -2.86. The molecule has 0 unspecified atom stereocenters. The molecule has 0 bridgehead atoms. The molecule has 2 aromatic rings. The first kappa shape index (κ1) is 22.3. The summed E-state index contributed by atoms with van der Waals surface area (Å²) >= 11 is 5.63. The van der Waals surface area contributed by atoms with Crippen LogP contribution in [-0.2, 0) is 11.4 Å². The van der Waals surface area contributed by atoms with Crippen molar-refractivity contribution in [2.24, 2.45) is 0 Å². The van der Waals surface area contributed by atoms with Gasteiger partial charge in [0.15, 0.2) is 16.6 Å². The maximum Gasteiger partial charge on any atom is 0.277 e. The van der Waals surface area contributed by atoms with Crippen LogP contribution in [-0.4, -0.2) is 40.5 Å². The number of benzene rings is 2. The number of hydrogen-bond donors (Lipinski definition) is 0. The van der Waals surface area contributed by atoms with Gasteiger partial charge in [-0.2, -0.15) is 0 Å². The number of ether oxygens (including phenoxy) is 2. The highest BCUT2D eigenvalue weighted by Crippen LogP contribution is 2.33. The Bertz CT molecular complexity index is 999. The summed E-state index contributed by atoms with van der Waals surface area (Å²) in [5.74, 6) is 1.34. The number of nitrogens with zero attached hydrogens (tertiary/aromatic N) is 2. The number of thiocarbonyl (C=S) groups is 1. The van der Waals surface area contributed by atoms with Gasteiger partial charge in [-0.05, 0) is 61.3 Å². The smallest absolute Gasteiger partial charge is 0.277 e. The SMILES string of the molecule is CCOc1cc(/C=C2/C(=O)N(C3CCCCC3)C(=S)N2C)ccc1OCc1ccccc1. The van der Waals surface area contributed by atoms with E-state index < -0.39 is 0 Å². The standard InChI is InChI=1S/C26H30N2O3S/c1-3-30-24-17-20(14-15-23(24)31-18-19-10-6-4-7-11-19)16-22-25(29)28(26(32)27(22)2)21-12-8-5-9-13-21/h4,6-7,10-11,14-17,21H,3,5,8-9,12-13,18H2,1-2H3/b22-16-. The van der Waals surface area contributed by atoms with Gasteiger partial charge in [0.05, 0.1) is 6.61 Å². The van der Waals surface area contributed by atoms with Crippen LogP contribution in [0.2, 0.25) is 0 Å². The zero-order valence-electron chi connectivity index (χ0n) is 18.8. The van der Waals surface area contributed by atoms with Crippen LogP contribution in [0.3, 0.4) is 0 Å². The molecule has 0 radical (unpaired) electrons. The lowest BCUT2D eigenvalue weighted by atomic mass is 9.94. The maximum absolute atomic E-state index is 13.2. The van der Waals surface area contributed by atoms with Crippen LogP contribution in [0.25, 0.3) is 6.08 Å². The Morgan fingerprint density at radius 3 is 2.50 bits per heavy atom. The molecule has 2 fully saturated rings. The van der Waals surface area contributed by atoms with Gasteiger partial charge in [-0.3, -0.25) is 9.69 Å². The predicted octanol–water partition coefficient (Wildman–Crippen LogP) is 5.40. The van der Waals surface area contributed by atoms with Crippen LogP contribution in [0.15, 0.2) is 54.2 Å². The average molecular weight is 451 g/mol. The molecule has 5 nitrogen and oxygen atoms in total. The van der Waals surface area contributed by atoms with Gasteiger partial charge >= 0.3 is 0 Å². The minimum absolute atomic E-state index is 0.00763. The van der Waals surface area contributed by atoms with Crippen LogP contribution >= 0.6 is 12.2 Å². The first-order chi connectivity index (χ1) is 15.6. The maximum atomic E-state index is 13.2. The van der Waals surface area contributed by atoms with Gasteiger partial charge in [0.25, 0.3) is 5.91 Å². The Morgan fingerprint density at radius 1 is 1.03 bits per heavy atom. The molecule has 1 saturated heterocycles. The molecule has 1 aliphatic heterocycles. The molecule has 1 heterocycles. The zero-order valence-corrected chi connectivity index (χ0v) is 19.6. The van der Waals surface area contributed by atoms with Crippen LogP contribution in [0, 0.1) is 0 Å². The molecule has 4 rings (SSSR count). The second kappa shape index (κ2) is 10.2. The van der Waals surface area contributed by atoms with Crippen molar-refractivity contribution >= 4 is 29.3 Å². The van der Waals surface area contributed by atoms with Crippen molar-refractivity contribution in [1.82, 2.24) is 9.80 Å². The average Bonchev–Trinajstić information content (AvgIpc) is 3.03. The third-order valence-corrected chi connectivity index (χ3v) is 6.51. The summed E-state index contributed by atoms with van der Waals surface area (Å²) in [5.41, 5.74) is 2.57. The minimum atomic E-state index is -0.00763. The van der Waals surface area contributed by atoms with Crippen LogP contribution < -0.4 is 9.47 Å². The van der Waals surface area contributed by atoms with Gasteiger partial charge in [-0.1, -0.05) is 55.7 Å². The molecule has 2 aliphatic rings. The number of hydrogen-bond acceptors (Lipinski definition) is 4. The molecule has 1 saturated carbocycles. The van der Waals surface area contributed by atoms with Crippen molar-refractivity contribution in [2.45, 2.75) is 51.7 Å². The van der Waals surface area contributed by atoms with E-state index in [0.29, 0.717) is 35.5 Å². The lowest BCUT2D eigenvalue weighted by Gasteiger charge is -2.30. The second-order valence-corrected chi connectivity index (χ2v) is 8.62. The number of rotatable bonds is 7. The number of amides is 1. The van der Waals surface area contributed by atoms with Crippen LogP contribution in [0.1, 0.15) is 50.2 Å². The molecule has 1 aliphatic carbocycles. The van der Waals surface area contributed by atoms with E-state index in [1.807, 2.05) is 78.4 Å². The molecular formula is C26H30N2O3S. The fourth-order valence-corrected chi connectivity index (χ4v) is 4.66. The van der Waals surface area contributed by atoms with Crippen LogP contribution in [0.5, 0.6) is 11.5 Å². The molecule has 0 N–H and O–H groups in total. The number of carbonyl (C=O) groups is 1. The van der Waals surface area contributed by atoms with Gasteiger partial charge in [-0.15, -0.1) is 0 Å². The summed E-state index contributed by atoms with van der Waals surface area (Å²) in [6, 6.07) is 16.0. The molecule has 1 amide bonds. The molecular weight excluding hydrogens is 420 g/mol. The first-order valence-electron chi connectivity index (χ1n) is 11.3. The molecule has 0 aromatic heterocycles. The Balaban J connectivity index is 1.55. The van der Waals surface area contributed by atoms with Crippen molar-refractivity contribution in [1.29, 1.82) is 0 Å². The minimum Gasteiger partial charge on any atom is -0.490 e. The summed E-state index contributed by atoms with van der Waals surface area (Å²) in [6.07, 6.45) is 7.48. The van der Waals surface area contributed by atoms with E-state index in [1.54, 1.807) is 0 Å². The largest absolute Gasteiger partial charge is 0.490 e. The van der Waals surface area contributed by atoms with Crippen molar-refractivity contribution in [3.63, 3.8) is 0 Å². The van der Waals surface area contributed by atoms with Crippen LogP contribution in [0.4, 0.5) is 0 Å². The topological polar surface area (TPSA) is 42.0 Å². The van der Waals surface area contributed by atoms with Crippen molar-refractivity contribution < 1.29 is 14.3 Å². The summed E-state index contributed by atoms with van der Waals surface area (Å²) in [6.45, 7) is 2.94. The lowest BCUT2D eigenvalue weighted by Crippen LogP contribution is -2.41. The molecule has 168 valence electrons. The highest BCUT2D eigenvalue weighted by Gasteiger charge is 2.40. The highest BCUT2D eigenvalue weighted by atomic mass is 32.1. The summed E-state index contributed by atoms with van der Waals surface area (Å²) in [4.78, 5) is 16.9. The van der Waals surface area contributed by atoms with Gasteiger partial charge in [-0.25, -0.2) is 0 Å². The van der Waals surface area contributed by atoms with Gasteiger partial charge < -0.3 is 14.4 Å². The predicted molar refractivity (Wildman–Crippen MR) is 130 cm³/mol. The van der Waals surface area contributed by atoms with E-state index in [-0.39, 0.29) is 11.9 Å². The quantitative estimate of drug-likeness (QED) is 0.418. The van der Waals surface area contributed by atoms with E-state index >= 15 is 0 Å². The summed E-state index contributed by atoms with van der Waals surface area (Å²) in [5, 5.41) is 0.598. The Labute approximate surface area is 195 Å². The van der Waals surface area contributed by atoms with Crippen molar-refractivity contribution in [3.05, 3.63) is 65.4 Å². The second-order valence-electron chi connectivity index (χ2n) is 8.25. The first-order valence-corrected chi connectivity index (χ1v) is 11.8. The van der Waals surface area contributed by atoms with E-state index in [2.05, 4.69) is 0 Å². The van der Waals surface area contributed by atoms with E-state index in [4.69, 9.17) is 21.7 Å². The van der Waals surface area contributed by atoms with Gasteiger partial charge in [0.1, 0.15) is 12.3 Å². The van der Waals surface area contributed by atoms with Gasteiger partial charge in [0, 0.05) is 13.1 Å². The van der Waals surface area contributed by atoms with E-state index in [1.165, 1.54) is 6.42 Å². The third-order valence-electron chi connectivity index (χ3n) is 6.04. The normalized spacial score (nSPS) is 18.5. The van der Waals surface area contributed by atoms with Crippen molar-refractivity contribution in [3.8, 4) is 11.5 Å². The molecule has 0 atom stereocenters. The summed E-state index contributed by atoms with van der Waals surface area (Å²) in [7, 11) is 1.87. The van der Waals surface area contributed by atoms with E-state index in [0.717, 1.165) is 36.8 Å². The van der Waals surface area contributed by atoms with E-state index in [9.17, 15) is 4.79 Å². The Kier molecular flexibility index (Phi) is 7.10. The number of carbonyl (C=O) groups excluding carboxylic acids is 1. The highest BCUT2D eigenvalue weighted by molar-refractivity contribution is 7.80. The number of likely N-dealkylation sites (N-methyl/N-ethyl adjacent to an activating group) is 1. The fourth-order valence-electron chi connectivity index (χ4n) is 4.33. The summed E-state index contributed by atoms with van der Waals surface area (Å²) < 4.78 is 11.8. The van der Waals surface area contributed by atoms with Crippen molar-refractivity contribution in [2.75, 3.05) is 13.7 Å². The van der Waals surface area contributed by atoms with Gasteiger partial charge in [0.2, 0.25) is 0 Å². The zero-order chi connectivity index (χ0) is 22.5. The third kappa shape index (κ3) is 4.80.